The normalized spacial score (nSPS) is 13.5. The van der Waals surface area contributed by atoms with Crippen molar-refractivity contribution in [1.29, 1.82) is 0 Å². The highest BCUT2D eigenvalue weighted by molar-refractivity contribution is 5.93. The van der Waals surface area contributed by atoms with Gasteiger partial charge in [0.1, 0.15) is 11.5 Å². The van der Waals surface area contributed by atoms with Gasteiger partial charge in [0, 0.05) is 19.5 Å². The van der Waals surface area contributed by atoms with Gasteiger partial charge in [0.2, 0.25) is 0 Å². The van der Waals surface area contributed by atoms with Gasteiger partial charge in [0.05, 0.1) is 12.5 Å². The molecule has 0 saturated heterocycles. The molecule has 0 aliphatic heterocycles. The number of nitrogens with one attached hydrogen (secondary N) is 1. The minimum absolute atomic E-state index is 0.0813. The molecule has 1 atom stereocenters. The Morgan fingerprint density at radius 3 is 3.00 bits per heavy atom. The molecular formula is C9H15N5O2. The molecule has 0 bridgehead atoms. The van der Waals surface area contributed by atoms with Crippen LogP contribution in [0.25, 0.3) is 0 Å². The van der Waals surface area contributed by atoms with Crippen LogP contribution >= 0.6 is 0 Å². The van der Waals surface area contributed by atoms with E-state index in [1.165, 1.54) is 6.20 Å². The molecule has 7 heteroatoms. The van der Waals surface area contributed by atoms with E-state index in [0.29, 0.717) is 12.1 Å². The minimum Gasteiger partial charge on any atom is -0.409 e. The molecule has 0 aliphatic rings. The van der Waals surface area contributed by atoms with Crippen molar-refractivity contribution in [3.8, 4) is 0 Å². The van der Waals surface area contributed by atoms with Crippen LogP contribution in [0, 0.1) is 0 Å². The Labute approximate surface area is 93.0 Å². The first-order valence-corrected chi connectivity index (χ1v) is 4.78. The minimum atomic E-state index is -0.238. The molecule has 88 valence electrons. The van der Waals surface area contributed by atoms with E-state index >= 15 is 0 Å². The Hall–Kier alpha value is -2.05. The van der Waals surface area contributed by atoms with E-state index in [9.17, 15) is 4.79 Å². The van der Waals surface area contributed by atoms with Gasteiger partial charge in [-0.25, -0.2) is 4.98 Å². The lowest BCUT2D eigenvalue weighted by Gasteiger charge is -2.12. The maximum absolute atomic E-state index is 11.7. The summed E-state index contributed by atoms with van der Waals surface area (Å²) in [6.07, 6.45) is 3.31. The van der Waals surface area contributed by atoms with E-state index in [-0.39, 0.29) is 17.8 Å². The fraction of sp³-hybridized carbons (Fsp3) is 0.444. The summed E-state index contributed by atoms with van der Waals surface area (Å²) in [6.45, 7) is 1.77. The maximum atomic E-state index is 11.7. The van der Waals surface area contributed by atoms with Gasteiger partial charge in [-0.2, -0.15) is 0 Å². The monoisotopic (exact) mass is 225 g/mol. The second-order valence-corrected chi connectivity index (χ2v) is 3.56. The van der Waals surface area contributed by atoms with Gasteiger partial charge < -0.3 is 20.8 Å². The van der Waals surface area contributed by atoms with E-state index in [4.69, 9.17) is 10.9 Å². The first kappa shape index (κ1) is 12.0. The topological polar surface area (TPSA) is 106 Å². The van der Waals surface area contributed by atoms with Crippen molar-refractivity contribution in [2.45, 2.75) is 19.4 Å². The van der Waals surface area contributed by atoms with Crippen LogP contribution in [0.4, 0.5) is 0 Å². The van der Waals surface area contributed by atoms with Crippen LogP contribution in [0.15, 0.2) is 17.7 Å². The fourth-order valence-electron chi connectivity index (χ4n) is 1.28. The summed E-state index contributed by atoms with van der Waals surface area (Å²) in [5, 5.41) is 13.9. The van der Waals surface area contributed by atoms with Crippen LogP contribution in [0.1, 0.15) is 23.8 Å². The Morgan fingerprint density at radius 1 is 1.81 bits per heavy atom. The number of amidine groups is 1. The summed E-state index contributed by atoms with van der Waals surface area (Å²) in [7, 11) is 1.73. The molecule has 0 aliphatic carbocycles. The molecule has 16 heavy (non-hydrogen) atoms. The third-order valence-electron chi connectivity index (χ3n) is 2.07. The van der Waals surface area contributed by atoms with Crippen molar-refractivity contribution in [1.82, 2.24) is 14.9 Å². The van der Waals surface area contributed by atoms with Gasteiger partial charge in [-0.05, 0) is 6.92 Å². The quantitative estimate of drug-likeness (QED) is 0.282. The molecule has 4 N–H and O–H groups in total. The fourth-order valence-corrected chi connectivity index (χ4v) is 1.28. The Balaban J connectivity index is 2.55. The predicted molar refractivity (Wildman–Crippen MR) is 58.2 cm³/mol. The van der Waals surface area contributed by atoms with E-state index in [0.717, 1.165) is 0 Å². The molecule has 1 amide bonds. The zero-order valence-electron chi connectivity index (χ0n) is 9.21. The molecular weight excluding hydrogens is 210 g/mol. The first-order chi connectivity index (χ1) is 7.54. The second kappa shape index (κ2) is 5.15. The highest BCUT2D eigenvalue weighted by Crippen LogP contribution is 1.98. The average Bonchev–Trinajstić information content (AvgIpc) is 2.63. The molecule has 1 aromatic rings. The maximum Gasteiger partial charge on any atom is 0.269 e. The summed E-state index contributed by atoms with van der Waals surface area (Å²) >= 11 is 0. The summed E-state index contributed by atoms with van der Waals surface area (Å²) in [5.41, 5.74) is 5.79. The highest BCUT2D eigenvalue weighted by atomic mass is 16.4. The van der Waals surface area contributed by atoms with Crippen molar-refractivity contribution >= 4 is 11.7 Å². The van der Waals surface area contributed by atoms with Crippen LogP contribution in [0.5, 0.6) is 0 Å². The number of nitrogens with two attached hydrogens (primary N) is 1. The number of hydrogen-bond donors (Lipinski definition) is 3. The molecule has 1 aromatic heterocycles. The molecule has 1 heterocycles. The van der Waals surface area contributed by atoms with E-state index in [1.54, 1.807) is 24.9 Å². The van der Waals surface area contributed by atoms with Gasteiger partial charge in [-0.3, -0.25) is 4.79 Å². The first-order valence-electron chi connectivity index (χ1n) is 4.78. The number of rotatable bonds is 4. The highest BCUT2D eigenvalue weighted by Gasteiger charge is 2.13. The number of hydrogen-bond acceptors (Lipinski definition) is 4. The van der Waals surface area contributed by atoms with Crippen LogP contribution in [0.2, 0.25) is 0 Å². The van der Waals surface area contributed by atoms with Gasteiger partial charge in [0.15, 0.2) is 0 Å². The molecule has 1 rings (SSSR count). The zero-order chi connectivity index (χ0) is 12.1. The predicted octanol–water partition coefficient (Wildman–Crippen LogP) is -0.325. The number of nitrogens with zero attached hydrogens (tertiary/aromatic N) is 3. The molecule has 0 saturated carbocycles. The SMILES string of the molecule is CC(CC(N)=NO)NC(=O)c1cncn1C. The van der Waals surface area contributed by atoms with Crippen LogP contribution < -0.4 is 11.1 Å². The lowest BCUT2D eigenvalue weighted by atomic mass is 10.2. The van der Waals surface area contributed by atoms with Crippen LogP contribution in [0.3, 0.4) is 0 Å². The van der Waals surface area contributed by atoms with Gasteiger partial charge in [-0.1, -0.05) is 5.16 Å². The number of oxime groups is 1. The van der Waals surface area contributed by atoms with Crippen molar-refractivity contribution in [3.63, 3.8) is 0 Å². The molecule has 1 unspecified atom stereocenters. The number of carbonyl (C=O) groups is 1. The molecule has 0 fully saturated rings. The van der Waals surface area contributed by atoms with Gasteiger partial charge >= 0.3 is 0 Å². The standard InChI is InChI=1S/C9H15N5O2/c1-6(3-8(10)13-16)12-9(15)7-4-11-5-14(7)2/h4-6,16H,3H2,1-2H3,(H2,10,13)(H,12,15). The van der Waals surface area contributed by atoms with E-state index in [2.05, 4.69) is 15.5 Å². The number of aryl methyl sites for hydroxylation is 1. The third kappa shape index (κ3) is 2.97. The van der Waals surface area contributed by atoms with E-state index in [1.807, 2.05) is 0 Å². The summed E-state index contributed by atoms with van der Waals surface area (Å²) in [6, 6.07) is -0.210. The number of amides is 1. The summed E-state index contributed by atoms with van der Waals surface area (Å²) < 4.78 is 1.62. The summed E-state index contributed by atoms with van der Waals surface area (Å²) in [5.74, 6) is -0.156. The number of imidazole rings is 1. The third-order valence-corrected chi connectivity index (χ3v) is 2.07. The Morgan fingerprint density at radius 2 is 2.50 bits per heavy atom. The molecule has 7 nitrogen and oxygen atoms in total. The smallest absolute Gasteiger partial charge is 0.269 e. The van der Waals surface area contributed by atoms with Crippen LogP contribution in [-0.4, -0.2) is 32.5 Å². The van der Waals surface area contributed by atoms with Gasteiger partial charge in [-0.15, -0.1) is 0 Å². The largest absolute Gasteiger partial charge is 0.409 e. The Bertz CT molecular complexity index is 398. The lowest BCUT2D eigenvalue weighted by Crippen LogP contribution is -2.36. The number of carbonyl (C=O) groups excluding carboxylic acids is 1. The number of aromatic nitrogens is 2. The van der Waals surface area contributed by atoms with Crippen molar-refractivity contribution in [2.75, 3.05) is 0 Å². The molecule has 0 radical (unpaired) electrons. The molecule has 0 aromatic carbocycles. The Kier molecular flexibility index (Phi) is 3.87. The van der Waals surface area contributed by atoms with Crippen molar-refractivity contribution in [3.05, 3.63) is 18.2 Å². The average molecular weight is 225 g/mol. The van der Waals surface area contributed by atoms with Crippen LogP contribution in [-0.2, 0) is 7.05 Å². The van der Waals surface area contributed by atoms with Crippen molar-refractivity contribution < 1.29 is 10.0 Å². The van der Waals surface area contributed by atoms with Crippen molar-refractivity contribution in [2.24, 2.45) is 17.9 Å². The second-order valence-electron chi connectivity index (χ2n) is 3.56. The summed E-state index contributed by atoms with van der Waals surface area (Å²) in [4.78, 5) is 15.5. The zero-order valence-corrected chi connectivity index (χ0v) is 9.21. The van der Waals surface area contributed by atoms with E-state index < -0.39 is 0 Å². The molecule has 0 spiro atoms. The lowest BCUT2D eigenvalue weighted by molar-refractivity contribution is 0.0933. The van der Waals surface area contributed by atoms with Gasteiger partial charge in [0.25, 0.3) is 5.91 Å².